The number of hydrogen-bond donors (Lipinski definition) is 3. The monoisotopic (exact) mass is 501 g/mol. The molecule has 0 amide bonds. The van der Waals surface area contributed by atoms with Crippen LogP contribution in [0.1, 0.15) is 21.6 Å². The Morgan fingerprint density at radius 1 is 1.06 bits per heavy atom. The predicted octanol–water partition coefficient (Wildman–Crippen LogP) is 4.17. The molecule has 0 fully saturated rings. The topological polar surface area (TPSA) is 117 Å². The third-order valence-corrected chi connectivity index (χ3v) is 6.33. The van der Waals surface area contributed by atoms with Gasteiger partial charge in [0.15, 0.2) is 5.69 Å². The quantitative estimate of drug-likeness (QED) is 0.342. The summed E-state index contributed by atoms with van der Waals surface area (Å²) < 4.78 is 42.4. The number of halogens is 3. The number of carbonyl (C=O) groups is 1. The zero-order valence-corrected chi connectivity index (χ0v) is 18.3. The van der Waals surface area contributed by atoms with Crippen LogP contribution in [0.2, 0.25) is 0 Å². The van der Waals surface area contributed by atoms with Gasteiger partial charge in [0, 0.05) is 22.7 Å². The van der Waals surface area contributed by atoms with E-state index in [1.807, 2.05) is 0 Å². The number of carboxylic acids is 1. The van der Waals surface area contributed by atoms with Gasteiger partial charge >= 0.3 is 17.8 Å². The Morgan fingerprint density at radius 2 is 1.83 bits per heavy atom. The number of nitrogens with zero attached hydrogens (tertiary/aromatic N) is 2. The van der Waals surface area contributed by atoms with Gasteiger partial charge in [0.25, 0.3) is 5.56 Å². The van der Waals surface area contributed by atoms with E-state index in [4.69, 9.17) is 0 Å². The Balaban J connectivity index is 1.93. The molecule has 3 aromatic heterocycles. The zero-order valence-electron chi connectivity index (χ0n) is 17.5. The Hall–Kier alpha value is -4.32. The first-order chi connectivity index (χ1) is 16.6. The first-order valence-electron chi connectivity index (χ1n) is 10.0. The van der Waals surface area contributed by atoms with Crippen LogP contribution in [0, 0.1) is 0 Å². The van der Waals surface area contributed by atoms with Crippen molar-refractivity contribution in [2.24, 2.45) is 0 Å². The van der Waals surface area contributed by atoms with Crippen molar-refractivity contribution in [2.45, 2.75) is 12.7 Å². The average molecular weight is 501 g/mol. The van der Waals surface area contributed by atoms with Crippen LogP contribution < -0.4 is 11.2 Å². The molecule has 0 aliphatic carbocycles. The molecule has 0 atom stereocenters. The van der Waals surface area contributed by atoms with E-state index in [0.29, 0.717) is 10.1 Å². The van der Waals surface area contributed by atoms with Crippen molar-refractivity contribution in [3.63, 3.8) is 0 Å². The summed E-state index contributed by atoms with van der Waals surface area (Å²) in [5.41, 5.74) is -3.20. The molecular formula is C23H14F3N3O5S. The van der Waals surface area contributed by atoms with E-state index in [1.54, 1.807) is 6.07 Å². The molecule has 0 saturated carbocycles. The van der Waals surface area contributed by atoms with Gasteiger partial charge in [-0.2, -0.15) is 13.2 Å². The summed E-state index contributed by atoms with van der Waals surface area (Å²) in [4.78, 5) is 41.1. The van der Waals surface area contributed by atoms with Crippen LogP contribution in [-0.4, -0.2) is 30.3 Å². The maximum absolute atomic E-state index is 13.5. The van der Waals surface area contributed by atoms with Crippen LogP contribution in [0.25, 0.3) is 27.5 Å². The Kier molecular flexibility index (Phi) is 5.06. The van der Waals surface area contributed by atoms with Crippen LogP contribution in [0.4, 0.5) is 13.2 Å². The number of aromatic amines is 1. The molecule has 0 bridgehead atoms. The molecule has 0 aliphatic heterocycles. The number of phenolic OH excluding ortho intramolecular Hbond substituents is 1. The van der Waals surface area contributed by atoms with Gasteiger partial charge in [-0.05, 0) is 35.9 Å². The first kappa shape index (κ1) is 22.5. The summed E-state index contributed by atoms with van der Waals surface area (Å²) in [7, 11) is 0. The molecule has 2 aromatic carbocycles. The summed E-state index contributed by atoms with van der Waals surface area (Å²) in [6.45, 7) is -0.161. The van der Waals surface area contributed by atoms with Crippen LogP contribution in [0.15, 0.2) is 62.8 Å². The van der Waals surface area contributed by atoms with E-state index in [1.165, 1.54) is 33.5 Å². The van der Waals surface area contributed by atoms with Gasteiger partial charge in [-0.3, -0.25) is 4.79 Å². The molecule has 178 valence electrons. The van der Waals surface area contributed by atoms with Gasteiger partial charge in [0.05, 0.1) is 27.7 Å². The molecule has 5 rings (SSSR count). The molecule has 0 saturated heterocycles. The lowest BCUT2D eigenvalue weighted by Crippen LogP contribution is -2.34. The third kappa shape index (κ3) is 3.67. The van der Waals surface area contributed by atoms with Crippen LogP contribution in [-0.2, 0) is 12.7 Å². The van der Waals surface area contributed by atoms with Crippen LogP contribution in [0.3, 0.4) is 0 Å². The van der Waals surface area contributed by atoms with Crippen molar-refractivity contribution in [1.82, 2.24) is 14.1 Å². The maximum atomic E-state index is 13.5. The maximum Gasteiger partial charge on any atom is 0.416 e. The molecule has 0 aliphatic rings. The number of aromatic nitrogens is 3. The van der Waals surface area contributed by atoms with Crippen LogP contribution >= 0.6 is 11.3 Å². The van der Waals surface area contributed by atoms with Gasteiger partial charge in [-0.1, -0.05) is 12.1 Å². The lowest BCUT2D eigenvalue weighted by atomic mass is 10.1. The molecule has 12 heteroatoms. The van der Waals surface area contributed by atoms with Gasteiger partial charge in [-0.25, -0.2) is 14.2 Å². The standard InChI is InChI=1S/C23H14F3N3O5S/c24-23(25,26)12-4-5-17-14(7-12)18(29-20(31)15-9-35-10-16(15)27-22(29)34)19(21(32)33)28(17)8-11-2-1-3-13(30)6-11/h1-7,9-10,30H,8H2,(H,27,34)(H,32,33). The second-order valence-electron chi connectivity index (χ2n) is 7.76. The van der Waals surface area contributed by atoms with Gasteiger partial charge < -0.3 is 19.8 Å². The predicted molar refractivity (Wildman–Crippen MR) is 123 cm³/mol. The minimum atomic E-state index is -4.75. The van der Waals surface area contributed by atoms with Crippen molar-refractivity contribution in [3.05, 3.63) is 90.9 Å². The number of phenols is 1. The molecular weight excluding hydrogens is 487 g/mol. The highest BCUT2D eigenvalue weighted by Gasteiger charge is 2.33. The second kappa shape index (κ2) is 7.87. The van der Waals surface area contributed by atoms with Gasteiger partial charge in [0.1, 0.15) is 5.75 Å². The normalized spacial score (nSPS) is 12.0. The SMILES string of the molecule is O=C(O)c1c(-n2c(=O)[nH]c3cscc3c2=O)c2cc(C(F)(F)F)ccc2n1Cc1cccc(O)c1. The first-order valence-corrected chi connectivity index (χ1v) is 11.0. The van der Waals surface area contributed by atoms with E-state index in [2.05, 4.69) is 4.98 Å². The average Bonchev–Trinajstić information content (AvgIpc) is 3.36. The number of rotatable bonds is 4. The second-order valence-corrected chi connectivity index (χ2v) is 8.50. The summed E-state index contributed by atoms with van der Waals surface area (Å²) in [6, 6.07) is 8.52. The molecule has 8 nitrogen and oxygen atoms in total. The van der Waals surface area contributed by atoms with E-state index < -0.39 is 40.3 Å². The van der Waals surface area contributed by atoms with E-state index in [9.17, 15) is 37.8 Å². The van der Waals surface area contributed by atoms with Crippen LogP contribution in [0.5, 0.6) is 5.75 Å². The number of nitrogens with one attached hydrogen (secondary N) is 1. The summed E-state index contributed by atoms with van der Waals surface area (Å²) in [5.74, 6) is -1.65. The molecule has 35 heavy (non-hydrogen) atoms. The molecule has 3 N–H and O–H groups in total. The number of aromatic hydroxyl groups is 1. The fourth-order valence-corrected chi connectivity index (χ4v) is 4.86. The number of hydrogen-bond acceptors (Lipinski definition) is 5. The lowest BCUT2D eigenvalue weighted by Gasteiger charge is -2.10. The fourth-order valence-electron chi connectivity index (χ4n) is 4.10. The summed E-state index contributed by atoms with van der Waals surface area (Å²) >= 11 is 1.13. The fraction of sp³-hybridized carbons (Fsp3) is 0.0870. The molecule has 5 aromatic rings. The van der Waals surface area contributed by atoms with Crippen molar-refractivity contribution in [1.29, 1.82) is 0 Å². The van der Waals surface area contributed by atoms with E-state index in [-0.39, 0.29) is 34.1 Å². The van der Waals surface area contributed by atoms with E-state index in [0.717, 1.165) is 29.5 Å². The summed E-state index contributed by atoms with van der Waals surface area (Å²) in [5, 5.41) is 22.7. The smallest absolute Gasteiger partial charge is 0.416 e. The van der Waals surface area contributed by atoms with Gasteiger partial charge in [0.2, 0.25) is 0 Å². The highest BCUT2D eigenvalue weighted by atomic mass is 32.1. The number of benzene rings is 2. The number of thiophene rings is 1. The lowest BCUT2D eigenvalue weighted by molar-refractivity contribution is -0.137. The van der Waals surface area contributed by atoms with Crippen molar-refractivity contribution >= 4 is 39.1 Å². The molecule has 3 heterocycles. The number of carboxylic acid groups (broad SMARTS) is 1. The zero-order chi connectivity index (χ0) is 25.1. The highest BCUT2D eigenvalue weighted by Crippen LogP contribution is 2.36. The van der Waals surface area contributed by atoms with Crippen molar-refractivity contribution in [3.8, 4) is 11.4 Å². The minimum Gasteiger partial charge on any atom is -0.508 e. The molecule has 0 unspecified atom stereocenters. The Labute approximate surface area is 196 Å². The number of aromatic carboxylic acids is 1. The Bertz CT molecular complexity index is 1760. The van der Waals surface area contributed by atoms with E-state index >= 15 is 0 Å². The molecule has 0 spiro atoms. The Morgan fingerprint density at radius 3 is 2.51 bits per heavy atom. The largest absolute Gasteiger partial charge is 0.508 e. The third-order valence-electron chi connectivity index (χ3n) is 5.58. The van der Waals surface area contributed by atoms with Crippen molar-refractivity contribution < 1.29 is 28.2 Å². The number of fused-ring (bicyclic) bond motifs is 2. The van der Waals surface area contributed by atoms with Gasteiger partial charge in [-0.15, -0.1) is 11.3 Å². The summed E-state index contributed by atoms with van der Waals surface area (Å²) in [6.07, 6.45) is -4.75. The molecule has 0 radical (unpaired) electrons. The van der Waals surface area contributed by atoms with Crippen molar-refractivity contribution in [2.75, 3.05) is 0 Å². The number of alkyl halides is 3. The highest BCUT2D eigenvalue weighted by molar-refractivity contribution is 7.09. The minimum absolute atomic E-state index is 0.0606. The number of H-pyrrole nitrogens is 1.